The molecule has 5 heteroatoms. The normalized spacial score (nSPS) is 16.3. The third-order valence-corrected chi connectivity index (χ3v) is 4.19. The first-order valence-electron chi connectivity index (χ1n) is 8.30. The highest BCUT2D eigenvalue weighted by Crippen LogP contribution is 2.14. The summed E-state index contributed by atoms with van der Waals surface area (Å²) >= 11 is 0. The summed E-state index contributed by atoms with van der Waals surface area (Å²) in [6.07, 6.45) is 3.37. The van der Waals surface area contributed by atoms with Crippen molar-refractivity contribution >= 4 is 11.8 Å². The van der Waals surface area contributed by atoms with Gasteiger partial charge in [0, 0.05) is 13.1 Å². The van der Waals surface area contributed by atoms with E-state index in [9.17, 15) is 14.0 Å². The van der Waals surface area contributed by atoms with Crippen molar-refractivity contribution in [2.24, 2.45) is 5.92 Å². The van der Waals surface area contributed by atoms with Gasteiger partial charge in [-0.2, -0.15) is 0 Å². The lowest BCUT2D eigenvalue weighted by atomic mass is 10.0. The molecule has 23 heavy (non-hydrogen) atoms. The zero-order valence-electron chi connectivity index (χ0n) is 13.8. The Morgan fingerprint density at radius 1 is 1.13 bits per heavy atom. The number of nitrogens with one attached hydrogen (secondary N) is 1. The Morgan fingerprint density at radius 3 is 2.30 bits per heavy atom. The average Bonchev–Trinajstić information content (AvgIpc) is 2.55. The molecule has 1 fully saturated rings. The number of amides is 2. The molecule has 0 bridgehead atoms. The van der Waals surface area contributed by atoms with E-state index in [1.54, 1.807) is 12.1 Å². The average molecular weight is 320 g/mol. The number of rotatable bonds is 5. The molecule has 1 atom stereocenters. The number of nitrogens with zero attached hydrogens (tertiary/aromatic N) is 1. The summed E-state index contributed by atoms with van der Waals surface area (Å²) in [5, 5.41) is 2.85. The number of halogens is 1. The van der Waals surface area contributed by atoms with Gasteiger partial charge in [0.05, 0.1) is 6.42 Å². The molecule has 1 aliphatic rings. The minimum absolute atomic E-state index is 0.00663. The Labute approximate surface area is 137 Å². The van der Waals surface area contributed by atoms with Crippen molar-refractivity contribution in [3.05, 3.63) is 35.6 Å². The molecule has 2 rings (SSSR count). The van der Waals surface area contributed by atoms with Gasteiger partial charge in [0.1, 0.15) is 11.9 Å². The van der Waals surface area contributed by atoms with Crippen LogP contribution in [-0.2, 0) is 16.0 Å². The summed E-state index contributed by atoms with van der Waals surface area (Å²) in [5.74, 6) is -0.496. The molecular formula is C18H25FN2O2. The molecule has 4 nitrogen and oxygen atoms in total. The second kappa shape index (κ2) is 8.09. The molecule has 2 amide bonds. The summed E-state index contributed by atoms with van der Waals surface area (Å²) in [5.41, 5.74) is 0.733. The van der Waals surface area contributed by atoms with Gasteiger partial charge in [-0.05, 0) is 42.9 Å². The molecule has 0 radical (unpaired) electrons. The Balaban J connectivity index is 1.96. The molecule has 1 aliphatic heterocycles. The summed E-state index contributed by atoms with van der Waals surface area (Å²) in [7, 11) is 0. The molecule has 0 saturated carbocycles. The first-order chi connectivity index (χ1) is 11.0. The lowest BCUT2D eigenvalue weighted by Gasteiger charge is -2.32. The quantitative estimate of drug-likeness (QED) is 0.906. The fourth-order valence-corrected chi connectivity index (χ4v) is 2.84. The second-order valence-corrected chi connectivity index (χ2v) is 6.48. The zero-order chi connectivity index (χ0) is 16.8. The molecule has 0 spiro atoms. The number of carbonyl (C=O) groups is 2. The monoisotopic (exact) mass is 320 g/mol. The largest absolute Gasteiger partial charge is 0.344 e. The summed E-state index contributed by atoms with van der Waals surface area (Å²) in [6.45, 7) is 5.42. The van der Waals surface area contributed by atoms with Crippen LogP contribution in [0.2, 0.25) is 0 Å². The Morgan fingerprint density at radius 2 is 1.74 bits per heavy atom. The highest BCUT2D eigenvalue weighted by atomic mass is 19.1. The van der Waals surface area contributed by atoms with Crippen LogP contribution in [0.3, 0.4) is 0 Å². The van der Waals surface area contributed by atoms with Gasteiger partial charge in [-0.15, -0.1) is 0 Å². The van der Waals surface area contributed by atoms with Crippen LogP contribution in [0.25, 0.3) is 0 Å². The van der Waals surface area contributed by atoms with Gasteiger partial charge in [-0.25, -0.2) is 4.39 Å². The van der Waals surface area contributed by atoms with E-state index in [1.165, 1.54) is 12.1 Å². The van der Waals surface area contributed by atoms with Crippen LogP contribution in [0.5, 0.6) is 0 Å². The van der Waals surface area contributed by atoms with Gasteiger partial charge in [-0.1, -0.05) is 26.0 Å². The molecule has 0 aliphatic carbocycles. The van der Waals surface area contributed by atoms with E-state index in [1.807, 2.05) is 18.7 Å². The van der Waals surface area contributed by atoms with Crippen molar-refractivity contribution in [2.75, 3.05) is 13.1 Å². The molecule has 126 valence electrons. The number of likely N-dealkylation sites (tertiary alicyclic amines) is 1. The fourth-order valence-electron chi connectivity index (χ4n) is 2.84. The van der Waals surface area contributed by atoms with E-state index in [0.717, 1.165) is 37.9 Å². The Bertz CT molecular complexity index is 536. The topological polar surface area (TPSA) is 49.4 Å². The molecule has 1 N–H and O–H groups in total. The number of carbonyl (C=O) groups excluding carboxylic acids is 2. The van der Waals surface area contributed by atoms with Crippen molar-refractivity contribution in [1.29, 1.82) is 0 Å². The third kappa shape index (κ3) is 5.05. The highest BCUT2D eigenvalue weighted by Gasteiger charge is 2.29. The Kier molecular flexibility index (Phi) is 6.13. The lowest BCUT2D eigenvalue weighted by molar-refractivity contribution is -0.138. The van der Waals surface area contributed by atoms with Crippen LogP contribution in [0.4, 0.5) is 4.39 Å². The van der Waals surface area contributed by atoms with Crippen molar-refractivity contribution in [3.63, 3.8) is 0 Å². The van der Waals surface area contributed by atoms with Gasteiger partial charge >= 0.3 is 0 Å². The van der Waals surface area contributed by atoms with Gasteiger partial charge in [0.15, 0.2) is 0 Å². The Hall–Kier alpha value is -1.91. The van der Waals surface area contributed by atoms with Crippen LogP contribution in [0, 0.1) is 11.7 Å². The summed E-state index contributed by atoms with van der Waals surface area (Å²) in [4.78, 5) is 26.7. The maximum atomic E-state index is 12.9. The third-order valence-electron chi connectivity index (χ3n) is 4.19. The SMILES string of the molecule is CC(C)[C@@H](NC(=O)Cc1ccc(F)cc1)C(=O)N1CCCCC1. The zero-order valence-corrected chi connectivity index (χ0v) is 13.8. The van der Waals surface area contributed by atoms with E-state index in [-0.39, 0.29) is 30.0 Å². The van der Waals surface area contributed by atoms with Crippen LogP contribution >= 0.6 is 0 Å². The van der Waals surface area contributed by atoms with Crippen LogP contribution < -0.4 is 5.32 Å². The van der Waals surface area contributed by atoms with Crippen molar-refractivity contribution in [1.82, 2.24) is 10.2 Å². The molecule has 1 heterocycles. The molecule has 1 saturated heterocycles. The van der Waals surface area contributed by atoms with E-state index in [0.29, 0.717) is 0 Å². The van der Waals surface area contributed by atoms with E-state index in [4.69, 9.17) is 0 Å². The van der Waals surface area contributed by atoms with E-state index < -0.39 is 6.04 Å². The minimum atomic E-state index is -0.499. The molecule has 1 aromatic rings. The minimum Gasteiger partial charge on any atom is -0.344 e. The van der Waals surface area contributed by atoms with Crippen LogP contribution in [0.15, 0.2) is 24.3 Å². The van der Waals surface area contributed by atoms with Crippen LogP contribution in [0.1, 0.15) is 38.7 Å². The predicted molar refractivity (Wildman–Crippen MR) is 87.3 cm³/mol. The summed E-state index contributed by atoms with van der Waals surface area (Å²) in [6, 6.07) is 5.35. The first-order valence-corrected chi connectivity index (χ1v) is 8.30. The van der Waals surface area contributed by atoms with Gasteiger partial charge < -0.3 is 10.2 Å². The fraction of sp³-hybridized carbons (Fsp3) is 0.556. The lowest BCUT2D eigenvalue weighted by Crippen LogP contribution is -2.52. The van der Waals surface area contributed by atoms with Crippen molar-refractivity contribution in [2.45, 2.75) is 45.6 Å². The number of hydrogen-bond acceptors (Lipinski definition) is 2. The number of piperidine rings is 1. The smallest absolute Gasteiger partial charge is 0.245 e. The number of hydrogen-bond donors (Lipinski definition) is 1. The molecule has 0 unspecified atom stereocenters. The maximum absolute atomic E-state index is 12.9. The number of benzene rings is 1. The van der Waals surface area contributed by atoms with Crippen molar-refractivity contribution < 1.29 is 14.0 Å². The molecule has 1 aromatic carbocycles. The van der Waals surface area contributed by atoms with E-state index >= 15 is 0 Å². The maximum Gasteiger partial charge on any atom is 0.245 e. The van der Waals surface area contributed by atoms with E-state index in [2.05, 4.69) is 5.32 Å². The summed E-state index contributed by atoms with van der Waals surface area (Å²) < 4.78 is 12.9. The van der Waals surface area contributed by atoms with Gasteiger partial charge in [0.2, 0.25) is 11.8 Å². The first kappa shape index (κ1) is 17.4. The molecule has 0 aromatic heterocycles. The second-order valence-electron chi connectivity index (χ2n) is 6.48. The molecular weight excluding hydrogens is 295 g/mol. The standard InChI is InChI=1S/C18H25FN2O2/c1-13(2)17(18(23)21-10-4-3-5-11-21)20-16(22)12-14-6-8-15(19)9-7-14/h6-9,13,17H,3-5,10-12H2,1-2H3,(H,20,22)/t17-/m1/s1. The predicted octanol–water partition coefficient (Wildman–Crippen LogP) is 2.52. The highest BCUT2D eigenvalue weighted by molar-refractivity contribution is 5.88. The van der Waals surface area contributed by atoms with Gasteiger partial charge in [-0.3, -0.25) is 9.59 Å². The van der Waals surface area contributed by atoms with Crippen molar-refractivity contribution in [3.8, 4) is 0 Å². The van der Waals surface area contributed by atoms with Crippen LogP contribution in [-0.4, -0.2) is 35.8 Å². The van der Waals surface area contributed by atoms with Gasteiger partial charge in [0.25, 0.3) is 0 Å².